The highest BCUT2D eigenvalue weighted by Gasteiger charge is 2.15. The van der Waals surface area contributed by atoms with Crippen molar-refractivity contribution < 1.29 is 9.53 Å². The number of anilines is 1. The number of ether oxygens (including phenoxy) is 1. The number of pyridine rings is 1. The van der Waals surface area contributed by atoms with Crippen molar-refractivity contribution in [1.82, 2.24) is 14.8 Å². The van der Waals surface area contributed by atoms with Gasteiger partial charge >= 0.3 is 0 Å². The predicted molar refractivity (Wildman–Crippen MR) is 127 cm³/mol. The summed E-state index contributed by atoms with van der Waals surface area (Å²) >= 11 is 0. The molecule has 1 fully saturated rings. The van der Waals surface area contributed by atoms with Gasteiger partial charge in [-0.2, -0.15) is 5.10 Å². The molecule has 1 aliphatic rings. The van der Waals surface area contributed by atoms with E-state index in [9.17, 15) is 4.79 Å². The molecule has 1 aliphatic carbocycles. The van der Waals surface area contributed by atoms with Gasteiger partial charge in [-0.1, -0.05) is 51.0 Å². The fourth-order valence-electron chi connectivity index (χ4n) is 3.71. The number of benzene rings is 1. The molecule has 1 saturated carbocycles. The summed E-state index contributed by atoms with van der Waals surface area (Å²) in [6, 6.07) is 10.4. The summed E-state index contributed by atoms with van der Waals surface area (Å²) in [4.78, 5) is 15.0. The number of hydrogen-bond donors (Lipinski definition) is 2. The van der Waals surface area contributed by atoms with E-state index < -0.39 is 5.91 Å². The Morgan fingerprint density at radius 2 is 1.94 bits per heavy atom. The van der Waals surface area contributed by atoms with Gasteiger partial charge in [-0.3, -0.25) is 9.48 Å². The third kappa shape index (κ3) is 6.40. The third-order valence-electron chi connectivity index (χ3n) is 5.63. The average Bonchev–Trinajstić information content (AvgIpc) is 3.45. The maximum absolute atomic E-state index is 11.1. The van der Waals surface area contributed by atoms with Crippen molar-refractivity contribution in [2.45, 2.75) is 58.2 Å². The molecule has 4 rings (SSSR count). The number of aromatic nitrogens is 3. The Balaban J connectivity index is 0.000000181. The number of carbonyl (C=O) groups excluding carboxylic acids is 1. The van der Waals surface area contributed by atoms with E-state index in [0.717, 1.165) is 17.7 Å². The van der Waals surface area contributed by atoms with Crippen molar-refractivity contribution in [3.63, 3.8) is 0 Å². The molecule has 0 atom stereocenters. The van der Waals surface area contributed by atoms with Crippen molar-refractivity contribution in [2.75, 3.05) is 5.73 Å². The highest BCUT2D eigenvalue weighted by Crippen LogP contribution is 2.23. The van der Waals surface area contributed by atoms with Crippen LogP contribution in [0, 0.1) is 0 Å². The monoisotopic (exact) mass is 435 g/mol. The lowest BCUT2D eigenvalue weighted by molar-refractivity contribution is 0.0456. The van der Waals surface area contributed by atoms with Gasteiger partial charge in [-0.15, -0.1) is 0 Å². The molecule has 4 N–H and O–H groups in total. The van der Waals surface area contributed by atoms with Crippen LogP contribution in [0.25, 0.3) is 11.1 Å². The maximum atomic E-state index is 11.1. The number of primary amides is 1. The lowest BCUT2D eigenvalue weighted by Crippen LogP contribution is -2.14. The number of amides is 1. The Labute approximate surface area is 189 Å². The molecular formula is C25H33N5O2. The van der Waals surface area contributed by atoms with Crippen LogP contribution in [0.3, 0.4) is 0 Å². The van der Waals surface area contributed by atoms with Gasteiger partial charge in [0, 0.05) is 30.6 Å². The second kappa shape index (κ2) is 10.9. The molecule has 2 aromatic heterocycles. The predicted octanol–water partition coefficient (Wildman–Crippen LogP) is 4.43. The van der Waals surface area contributed by atoms with E-state index in [1.807, 2.05) is 13.2 Å². The SMILES string of the molecule is CC(C)c1cccc(COC2CCCC2)c1.Cn1cc(-c2cnc(N)c(C(N)=O)c2)cn1. The van der Waals surface area contributed by atoms with Crippen molar-refractivity contribution in [2.24, 2.45) is 12.8 Å². The molecule has 0 radical (unpaired) electrons. The van der Waals surface area contributed by atoms with Crippen LogP contribution < -0.4 is 11.5 Å². The fourth-order valence-corrected chi connectivity index (χ4v) is 3.71. The van der Waals surface area contributed by atoms with Crippen LogP contribution in [-0.4, -0.2) is 26.8 Å². The summed E-state index contributed by atoms with van der Waals surface area (Å²) in [5.74, 6) is 0.155. The Morgan fingerprint density at radius 3 is 2.56 bits per heavy atom. The fraction of sp³-hybridized carbons (Fsp3) is 0.400. The number of nitrogens with two attached hydrogens (primary N) is 2. The van der Waals surface area contributed by atoms with Crippen molar-refractivity contribution in [3.8, 4) is 11.1 Å². The molecule has 7 heteroatoms. The minimum atomic E-state index is -0.587. The van der Waals surface area contributed by atoms with Gasteiger partial charge in [0.15, 0.2) is 0 Å². The van der Waals surface area contributed by atoms with Crippen LogP contribution in [-0.2, 0) is 18.4 Å². The summed E-state index contributed by atoms with van der Waals surface area (Å²) in [5, 5.41) is 4.03. The van der Waals surface area contributed by atoms with E-state index in [2.05, 4.69) is 48.2 Å². The van der Waals surface area contributed by atoms with Gasteiger partial charge < -0.3 is 16.2 Å². The largest absolute Gasteiger partial charge is 0.383 e. The Bertz CT molecular complexity index is 1040. The number of hydrogen-bond acceptors (Lipinski definition) is 5. The van der Waals surface area contributed by atoms with Crippen molar-refractivity contribution in [1.29, 1.82) is 0 Å². The van der Waals surface area contributed by atoms with E-state index in [1.165, 1.54) is 36.8 Å². The van der Waals surface area contributed by atoms with Crippen LogP contribution in [0.5, 0.6) is 0 Å². The Hall–Kier alpha value is -3.19. The molecule has 7 nitrogen and oxygen atoms in total. The summed E-state index contributed by atoms with van der Waals surface area (Å²) < 4.78 is 7.59. The standard InChI is InChI=1S/C15H22O.C10H11N5O/c1-12(2)14-7-5-6-13(10-14)11-16-15-8-3-4-9-15;1-15-5-7(4-14-15)6-2-8(10(12)16)9(11)13-3-6/h5-7,10,12,15H,3-4,8-9,11H2,1-2H3;2-5H,1H3,(H2,11,13)(H2,12,16). The van der Waals surface area contributed by atoms with Crippen LogP contribution in [0.4, 0.5) is 5.82 Å². The van der Waals surface area contributed by atoms with Crippen LogP contribution in [0.15, 0.2) is 48.9 Å². The number of nitrogens with zero attached hydrogens (tertiary/aromatic N) is 3. The van der Waals surface area contributed by atoms with E-state index in [-0.39, 0.29) is 11.4 Å². The minimum Gasteiger partial charge on any atom is -0.383 e. The molecule has 170 valence electrons. The van der Waals surface area contributed by atoms with E-state index in [1.54, 1.807) is 23.1 Å². The number of aryl methyl sites for hydroxylation is 1. The highest BCUT2D eigenvalue weighted by molar-refractivity contribution is 5.98. The van der Waals surface area contributed by atoms with E-state index in [0.29, 0.717) is 12.0 Å². The Kier molecular flexibility index (Phi) is 8.00. The quantitative estimate of drug-likeness (QED) is 0.595. The summed E-state index contributed by atoms with van der Waals surface area (Å²) in [6.07, 6.45) is 10.8. The summed E-state index contributed by atoms with van der Waals surface area (Å²) in [7, 11) is 1.81. The molecule has 1 aromatic carbocycles. The molecule has 32 heavy (non-hydrogen) atoms. The first kappa shape index (κ1) is 23.5. The van der Waals surface area contributed by atoms with Crippen LogP contribution in [0.1, 0.15) is 66.9 Å². The van der Waals surface area contributed by atoms with Crippen LogP contribution in [0.2, 0.25) is 0 Å². The zero-order chi connectivity index (χ0) is 23.1. The van der Waals surface area contributed by atoms with Gasteiger partial charge in [0.1, 0.15) is 5.82 Å². The van der Waals surface area contributed by atoms with E-state index >= 15 is 0 Å². The number of rotatable bonds is 6. The first-order chi connectivity index (χ1) is 15.3. The van der Waals surface area contributed by atoms with Crippen LogP contribution >= 0.6 is 0 Å². The zero-order valence-corrected chi connectivity index (χ0v) is 19.1. The lowest BCUT2D eigenvalue weighted by atomic mass is 10.0. The first-order valence-corrected chi connectivity index (χ1v) is 11.1. The molecule has 0 unspecified atom stereocenters. The minimum absolute atomic E-state index is 0.139. The molecule has 0 saturated heterocycles. The Morgan fingerprint density at radius 1 is 1.19 bits per heavy atom. The average molecular weight is 436 g/mol. The topological polar surface area (TPSA) is 109 Å². The maximum Gasteiger partial charge on any atom is 0.252 e. The summed E-state index contributed by atoms with van der Waals surface area (Å²) in [6.45, 7) is 5.25. The number of nitrogen functional groups attached to an aromatic ring is 1. The third-order valence-corrected chi connectivity index (χ3v) is 5.63. The molecule has 0 aliphatic heterocycles. The second-order valence-corrected chi connectivity index (χ2v) is 8.54. The van der Waals surface area contributed by atoms with Gasteiger partial charge in [0.25, 0.3) is 5.91 Å². The van der Waals surface area contributed by atoms with Gasteiger partial charge in [0.05, 0.1) is 24.5 Å². The molecule has 3 aromatic rings. The van der Waals surface area contributed by atoms with Gasteiger partial charge in [0.2, 0.25) is 0 Å². The highest BCUT2D eigenvalue weighted by atomic mass is 16.5. The lowest BCUT2D eigenvalue weighted by Gasteiger charge is -2.12. The molecular weight excluding hydrogens is 402 g/mol. The molecule has 1 amide bonds. The van der Waals surface area contributed by atoms with Gasteiger partial charge in [-0.25, -0.2) is 4.98 Å². The van der Waals surface area contributed by atoms with Crippen molar-refractivity contribution >= 4 is 11.7 Å². The number of carbonyl (C=O) groups is 1. The smallest absolute Gasteiger partial charge is 0.252 e. The molecule has 2 heterocycles. The van der Waals surface area contributed by atoms with E-state index in [4.69, 9.17) is 16.2 Å². The normalized spacial score (nSPS) is 13.8. The first-order valence-electron chi connectivity index (χ1n) is 11.1. The zero-order valence-electron chi connectivity index (χ0n) is 19.1. The van der Waals surface area contributed by atoms with Gasteiger partial charge in [-0.05, 0) is 36.0 Å². The second-order valence-electron chi connectivity index (χ2n) is 8.54. The summed E-state index contributed by atoms with van der Waals surface area (Å²) in [5.41, 5.74) is 15.3. The van der Waals surface area contributed by atoms with Crippen molar-refractivity contribution in [3.05, 3.63) is 65.6 Å². The molecule has 0 spiro atoms. The molecule has 0 bridgehead atoms.